The minimum atomic E-state index is 0.248. The molecule has 0 radical (unpaired) electrons. The minimum absolute atomic E-state index is 0.248. The molecule has 1 rings (SSSR count). The molecule has 0 unspecified atom stereocenters. The van der Waals surface area contributed by atoms with E-state index in [1.165, 1.54) is 13.3 Å². The van der Waals surface area contributed by atoms with Crippen LogP contribution in [0.3, 0.4) is 0 Å². The number of nitrogens with zero attached hydrogens (tertiary/aromatic N) is 2. The first-order valence-electron chi connectivity index (χ1n) is 6.53. The van der Waals surface area contributed by atoms with E-state index < -0.39 is 0 Å². The molecule has 0 bridgehead atoms. The molecule has 0 aromatic rings. The molecule has 0 aromatic heterocycles. The zero-order valence-corrected chi connectivity index (χ0v) is 12.1. The van der Waals surface area contributed by atoms with Crippen LogP contribution in [0.1, 0.15) is 6.92 Å². The Morgan fingerprint density at radius 3 is 2.75 bits per heavy atom. The number of methoxy groups -OCH3 is 1. The van der Waals surface area contributed by atoms with Crippen LogP contribution in [0.25, 0.3) is 0 Å². The standard InChI is InChI=1S/C14H22N2O4/c1-12(11-17)14(18-3)10-15-13(2)20-9-6-16-4-7-19-8-5-16/h10-11H,1,4-9H2,2-3H3/b14-10+,15-13?. The SMILES string of the molecule is C=C(C=O)/C(=C\N=C(C)OCCN1CCOCC1)OC. The van der Waals surface area contributed by atoms with E-state index in [0.29, 0.717) is 24.5 Å². The van der Waals surface area contributed by atoms with Crippen LogP contribution < -0.4 is 0 Å². The van der Waals surface area contributed by atoms with E-state index in [1.54, 1.807) is 6.92 Å². The first-order chi connectivity index (χ1) is 9.67. The summed E-state index contributed by atoms with van der Waals surface area (Å²) in [7, 11) is 1.46. The third kappa shape index (κ3) is 5.99. The highest BCUT2D eigenvalue weighted by Gasteiger charge is 2.09. The van der Waals surface area contributed by atoms with E-state index in [-0.39, 0.29) is 5.57 Å². The maximum Gasteiger partial charge on any atom is 0.184 e. The fourth-order valence-electron chi connectivity index (χ4n) is 1.66. The first-order valence-corrected chi connectivity index (χ1v) is 6.53. The number of hydrogen-bond acceptors (Lipinski definition) is 6. The van der Waals surface area contributed by atoms with E-state index in [0.717, 1.165) is 32.8 Å². The zero-order chi connectivity index (χ0) is 14.8. The van der Waals surface area contributed by atoms with Crippen molar-refractivity contribution < 1.29 is 19.0 Å². The lowest BCUT2D eigenvalue weighted by Gasteiger charge is -2.26. The smallest absolute Gasteiger partial charge is 0.184 e. The van der Waals surface area contributed by atoms with Crippen molar-refractivity contribution in [3.63, 3.8) is 0 Å². The van der Waals surface area contributed by atoms with Crippen LogP contribution in [-0.4, -0.2) is 63.6 Å². The number of morpholine rings is 1. The maximum atomic E-state index is 10.6. The van der Waals surface area contributed by atoms with Crippen molar-refractivity contribution in [3.8, 4) is 0 Å². The van der Waals surface area contributed by atoms with E-state index in [1.807, 2.05) is 0 Å². The van der Waals surface area contributed by atoms with Gasteiger partial charge in [0.05, 0.1) is 32.1 Å². The molecule has 6 nitrogen and oxygen atoms in total. The van der Waals surface area contributed by atoms with Gasteiger partial charge in [0, 0.05) is 26.6 Å². The average molecular weight is 282 g/mol. The number of carbonyl (C=O) groups excluding carboxylic acids is 1. The number of allylic oxidation sites excluding steroid dienone is 1. The van der Waals surface area contributed by atoms with Gasteiger partial charge in [-0.15, -0.1) is 0 Å². The molecule has 1 heterocycles. The van der Waals surface area contributed by atoms with Gasteiger partial charge in [-0.2, -0.15) is 0 Å². The highest BCUT2D eigenvalue weighted by Crippen LogP contribution is 2.05. The third-order valence-corrected chi connectivity index (χ3v) is 2.86. The Labute approximate surface area is 119 Å². The van der Waals surface area contributed by atoms with Gasteiger partial charge in [-0.25, -0.2) is 4.99 Å². The van der Waals surface area contributed by atoms with Crippen LogP contribution in [0, 0.1) is 0 Å². The monoisotopic (exact) mass is 282 g/mol. The molecular weight excluding hydrogens is 260 g/mol. The molecule has 112 valence electrons. The molecule has 0 amide bonds. The summed E-state index contributed by atoms with van der Waals surface area (Å²) in [4.78, 5) is 17.0. The second-order valence-corrected chi connectivity index (χ2v) is 4.29. The van der Waals surface area contributed by atoms with Crippen LogP contribution in [0.2, 0.25) is 0 Å². The lowest BCUT2D eigenvalue weighted by Crippen LogP contribution is -2.38. The Kier molecular flexibility index (Phi) is 7.60. The molecule has 1 saturated heterocycles. The van der Waals surface area contributed by atoms with E-state index >= 15 is 0 Å². The van der Waals surface area contributed by atoms with Gasteiger partial charge in [-0.3, -0.25) is 9.69 Å². The van der Waals surface area contributed by atoms with Crippen LogP contribution in [-0.2, 0) is 19.0 Å². The van der Waals surface area contributed by atoms with Crippen molar-refractivity contribution in [1.82, 2.24) is 4.90 Å². The highest BCUT2D eigenvalue weighted by atomic mass is 16.5. The molecule has 0 saturated carbocycles. The molecule has 0 atom stereocenters. The fraction of sp³-hybridized carbons (Fsp3) is 0.571. The fourth-order valence-corrected chi connectivity index (χ4v) is 1.66. The van der Waals surface area contributed by atoms with Crippen LogP contribution >= 0.6 is 0 Å². The molecule has 1 aliphatic rings. The topological polar surface area (TPSA) is 60.4 Å². The molecule has 1 fully saturated rings. The summed E-state index contributed by atoms with van der Waals surface area (Å²) in [6, 6.07) is 0. The summed E-state index contributed by atoms with van der Waals surface area (Å²) in [5.74, 6) is 0.850. The molecule has 6 heteroatoms. The lowest BCUT2D eigenvalue weighted by atomic mass is 10.3. The van der Waals surface area contributed by atoms with Gasteiger partial charge in [0.25, 0.3) is 0 Å². The Morgan fingerprint density at radius 1 is 1.45 bits per heavy atom. The summed E-state index contributed by atoms with van der Waals surface area (Å²) in [5.41, 5.74) is 0.248. The maximum absolute atomic E-state index is 10.6. The average Bonchev–Trinajstić information content (AvgIpc) is 2.48. The highest BCUT2D eigenvalue weighted by molar-refractivity contribution is 5.78. The van der Waals surface area contributed by atoms with Crippen LogP contribution in [0.5, 0.6) is 0 Å². The number of ether oxygens (including phenoxy) is 3. The summed E-state index contributed by atoms with van der Waals surface area (Å²) in [6.45, 7) is 10.2. The molecule has 1 aliphatic heterocycles. The number of aldehydes is 1. The van der Waals surface area contributed by atoms with Gasteiger partial charge in [0.1, 0.15) is 12.4 Å². The third-order valence-electron chi connectivity index (χ3n) is 2.86. The predicted molar refractivity (Wildman–Crippen MR) is 76.6 cm³/mol. The number of carbonyl (C=O) groups is 1. The van der Waals surface area contributed by atoms with Crippen LogP contribution in [0.4, 0.5) is 0 Å². The van der Waals surface area contributed by atoms with Crippen molar-refractivity contribution in [2.75, 3.05) is 46.6 Å². The van der Waals surface area contributed by atoms with Gasteiger partial charge in [-0.05, 0) is 0 Å². The molecule has 20 heavy (non-hydrogen) atoms. The van der Waals surface area contributed by atoms with Crippen molar-refractivity contribution in [2.24, 2.45) is 4.99 Å². The lowest BCUT2D eigenvalue weighted by molar-refractivity contribution is -0.104. The number of hydrogen-bond donors (Lipinski definition) is 0. The largest absolute Gasteiger partial charge is 0.494 e. The normalized spacial score (nSPS) is 17.7. The molecular formula is C14H22N2O4. The van der Waals surface area contributed by atoms with Gasteiger partial charge in [0.15, 0.2) is 12.2 Å². The van der Waals surface area contributed by atoms with Gasteiger partial charge >= 0.3 is 0 Å². The minimum Gasteiger partial charge on any atom is -0.494 e. The van der Waals surface area contributed by atoms with Crippen LogP contribution in [0.15, 0.2) is 29.1 Å². The summed E-state index contributed by atoms with van der Waals surface area (Å²) in [5, 5.41) is 0. The van der Waals surface area contributed by atoms with E-state index in [2.05, 4.69) is 16.5 Å². The number of rotatable bonds is 7. The van der Waals surface area contributed by atoms with Crippen molar-refractivity contribution in [3.05, 3.63) is 24.1 Å². The van der Waals surface area contributed by atoms with Gasteiger partial charge in [0.2, 0.25) is 0 Å². The van der Waals surface area contributed by atoms with E-state index in [4.69, 9.17) is 14.2 Å². The molecule has 0 aliphatic carbocycles. The predicted octanol–water partition coefficient (Wildman–Crippen LogP) is 0.996. The first kappa shape index (κ1) is 16.4. The zero-order valence-electron chi connectivity index (χ0n) is 12.1. The quantitative estimate of drug-likeness (QED) is 0.174. The van der Waals surface area contributed by atoms with Crippen molar-refractivity contribution in [1.29, 1.82) is 0 Å². The van der Waals surface area contributed by atoms with Gasteiger partial charge < -0.3 is 14.2 Å². The molecule has 0 spiro atoms. The Bertz CT molecular complexity index is 385. The molecule has 0 aromatic carbocycles. The Morgan fingerprint density at radius 2 is 2.15 bits per heavy atom. The molecule has 0 N–H and O–H groups in total. The van der Waals surface area contributed by atoms with Crippen molar-refractivity contribution in [2.45, 2.75) is 6.92 Å². The number of aliphatic imine (C=N–C) groups is 1. The van der Waals surface area contributed by atoms with Crippen molar-refractivity contribution >= 4 is 12.2 Å². The van der Waals surface area contributed by atoms with E-state index in [9.17, 15) is 4.79 Å². The summed E-state index contributed by atoms with van der Waals surface area (Å²) >= 11 is 0. The second-order valence-electron chi connectivity index (χ2n) is 4.29. The second kappa shape index (κ2) is 9.28. The Balaban J connectivity index is 2.34. The summed E-state index contributed by atoms with van der Waals surface area (Å²) < 4.78 is 15.8. The Hall–Kier alpha value is -1.66. The summed E-state index contributed by atoms with van der Waals surface area (Å²) in [6.07, 6.45) is 2.06. The van der Waals surface area contributed by atoms with Gasteiger partial charge in [-0.1, -0.05) is 6.58 Å².